The van der Waals surface area contributed by atoms with Gasteiger partial charge in [0, 0.05) is 6.42 Å². The molecular weight excluding hydrogens is 454 g/mol. The Morgan fingerprint density at radius 1 is 0.857 bits per heavy atom. The van der Waals surface area contributed by atoms with Crippen molar-refractivity contribution in [2.45, 2.75) is 85.8 Å². The zero-order chi connectivity index (χ0) is 26.5. The molecule has 1 aromatic rings. The zero-order valence-corrected chi connectivity index (χ0v) is 21.6. The summed E-state index contributed by atoms with van der Waals surface area (Å²) in [5.41, 5.74) is 6.60. The van der Waals surface area contributed by atoms with Crippen LogP contribution in [0.4, 0.5) is 0 Å². The maximum Gasteiger partial charge on any atom is 0.323 e. The van der Waals surface area contributed by atoms with Crippen molar-refractivity contribution >= 4 is 23.9 Å². The van der Waals surface area contributed by atoms with E-state index < -0.39 is 36.0 Å². The molecule has 2 N–H and O–H groups in total. The van der Waals surface area contributed by atoms with Gasteiger partial charge in [0.25, 0.3) is 0 Å². The van der Waals surface area contributed by atoms with Gasteiger partial charge in [-0.1, -0.05) is 53.5 Å². The van der Waals surface area contributed by atoms with E-state index in [4.69, 9.17) is 24.7 Å². The molecule has 0 saturated carbocycles. The lowest BCUT2D eigenvalue weighted by molar-refractivity contribution is -0.159. The smallest absolute Gasteiger partial charge is 0.323 e. The molecule has 196 valence electrons. The number of nitrogens with two attached hydrogens (primary N) is 1. The van der Waals surface area contributed by atoms with Crippen LogP contribution in [0.25, 0.3) is 0 Å². The van der Waals surface area contributed by atoms with Crippen LogP contribution in [-0.2, 0) is 35.1 Å². The highest BCUT2D eigenvalue weighted by atomic mass is 16.6. The minimum absolute atomic E-state index is 0.0470. The quantitative estimate of drug-likeness (QED) is 0.234. The number of esters is 4. The van der Waals surface area contributed by atoms with Crippen LogP contribution < -0.4 is 15.2 Å². The standard InChI is InChI=1S/C26H39NO8/c1-7-8-9-10-23(28)32-15-18(6)33-26(31)20(27)13-19-11-12-21(34-24(29)16(2)3)22(14-19)35-25(30)17(4)5/h11-12,14,16-18,20H,7-10,13,15,27H2,1-6H3/t18-,20-/m0/s1. The van der Waals surface area contributed by atoms with E-state index in [0.717, 1.165) is 19.3 Å². The molecule has 0 aromatic heterocycles. The van der Waals surface area contributed by atoms with Crippen molar-refractivity contribution in [1.82, 2.24) is 0 Å². The number of hydrogen-bond acceptors (Lipinski definition) is 9. The van der Waals surface area contributed by atoms with E-state index in [-0.39, 0.29) is 36.4 Å². The minimum Gasteiger partial charge on any atom is -0.462 e. The Labute approximate surface area is 207 Å². The van der Waals surface area contributed by atoms with E-state index in [1.165, 1.54) is 12.1 Å². The third-order valence-electron chi connectivity index (χ3n) is 4.91. The molecule has 0 aliphatic carbocycles. The van der Waals surface area contributed by atoms with Gasteiger partial charge in [0.2, 0.25) is 0 Å². The Kier molecular flexibility index (Phi) is 13.0. The lowest BCUT2D eigenvalue weighted by Crippen LogP contribution is -2.37. The van der Waals surface area contributed by atoms with Gasteiger partial charge >= 0.3 is 23.9 Å². The van der Waals surface area contributed by atoms with Crippen LogP contribution >= 0.6 is 0 Å². The van der Waals surface area contributed by atoms with Crippen molar-refractivity contribution in [3.05, 3.63) is 23.8 Å². The van der Waals surface area contributed by atoms with E-state index in [9.17, 15) is 19.2 Å². The molecule has 0 radical (unpaired) electrons. The van der Waals surface area contributed by atoms with Gasteiger partial charge in [-0.15, -0.1) is 0 Å². The summed E-state index contributed by atoms with van der Waals surface area (Å²) in [5.74, 6) is -2.55. The second-order valence-corrected chi connectivity index (χ2v) is 9.13. The fraction of sp³-hybridized carbons (Fsp3) is 0.615. The van der Waals surface area contributed by atoms with Crippen molar-refractivity contribution in [3.63, 3.8) is 0 Å². The first-order valence-electron chi connectivity index (χ1n) is 12.1. The van der Waals surface area contributed by atoms with Gasteiger partial charge in [0.05, 0.1) is 11.8 Å². The van der Waals surface area contributed by atoms with Gasteiger partial charge in [-0.3, -0.25) is 19.2 Å². The summed E-state index contributed by atoms with van der Waals surface area (Å²) in [6.07, 6.45) is 2.50. The van der Waals surface area contributed by atoms with Crippen molar-refractivity contribution in [2.24, 2.45) is 17.6 Å². The SMILES string of the molecule is CCCCCC(=O)OC[C@H](C)OC(=O)[C@@H](N)Cc1ccc(OC(=O)C(C)C)c(OC(=O)C(C)C)c1. The van der Waals surface area contributed by atoms with E-state index in [1.807, 2.05) is 6.92 Å². The summed E-state index contributed by atoms with van der Waals surface area (Å²) in [5, 5.41) is 0. The number of ether oxygens (including phenoxy) is 4. The molecule has 0 aliphatic rings. The fourth-order valence-electron chi connectivity index (χ4n) is 2.75. The molecule has 0 spiro atoms. The zero-order valence-electron chi connectivity index (χ0n) is 21.6. The Morgan fingerprint density at radius 2 is 1.46 bits per heavy atom. The maximum atomic E-state index is 12.4. The number of carbonyl (C=O) groups excluding carboxylic acids is 4. The topological polar surface area (TPSA) is 131 Å². The van der Waals surface area contributed by atoms with E-state index in [2.05, 4.69) is 0 Å². The molecule has 2 atom stereocenters. The summed E-state index contributed by atoms with van der Waals surface area (Å²) < 4.78 is 21.2. The molecule has 0 saturated heterocycles. The average molecular weight is 494 g/mol. The summed E-state index contributed by atoms with van der Waals surface area (Å²) in [6.45, 7) is 10.4. The first-order valence-corrected chi connectivity index (χ1v) is 12.1. The third kappa shape index (κ3) is 11.4. The molecule has 9 nitrogen and oxygen atoms in total. The molecule has 9 heteroatoms. The monoisotopic (exact) mass is 493 g/mol. The number of carbonyl (C=O) groups is 4. The Bertz CT molecular complexity index is 865. The van der Waals surface area contributed by atoms with Gasteiger partial charge in [-0.2, -0.15) is 0 Å². The van der Waals surface area contributed by atoms with Crippen LogP contribution in [0.1, 0.15) is 72.8 Å². The highest BCUT2D eigenvalue weighted by Crippen LogP contribution is 2.30. The van der Waals surface area contributed by atoms with Crippen LogP contribution in [0.2, 0.25) is 0 Å². The number of benzene rings is 1. The van der Waals surface area contributed by atoms with Crippen molar-refractivity contribution < 1.29 is 38.1 Å². The molecule has 35 heavy (non-hydrogen) atoms. The lowest BCUT2D eigenvalue weighted by atomic mass is 10.1. The average Bonchev–Trinajstić information content (AvgIpc) is 2.79. The number of unbranched alkanes of at least 4 members (excludes halogenated alkanes) is 2. The molecule has 1 rings (SSSR count). The molecule has 1 aromatic carbocycles. The van der Waals surface area contributed by atoms with Gasteiger partial charge in [0.1, 0.15) is 18.8 Å². The highest BCUT2D eigenvalue weighted by molar-refractivity contribution is 5.78. The fourth-order valence-corrected chi connectivity index (χ4v) is 2.75. The highest BCUT2D eigenvalue weighted by Gasteiger charge is 2.22. The van der Waals surface area contributed by atoms with Gasteiger partial charge < -0.3 is 24.7 Å². The van der Waals surface area contributed by atoms with Gasteiger partial charge in [-0.05, 0) is 37.5 Å². The molecule has 0 bridgehead atoms. The van der Waals surface area contributed by atoms with E-state index >= 15 is 0 Å². The minimum atomic E-state index is -1.00. The Hall–Kier alpha value is -2.94. The summed E-state index contributed by atoms with van der Waals surface area (Å²) >= 11 is 0. The van der Waals surface area contributed by atoms with Crippen molar-refractivity contribution in [1.29, 1.82) is 0 Å². The predicted molar refractivity (Wildman–Crippen MR) is 130 cm³/mol. The van der Waals surface area contributed by atoms with Crippen LogP contribution in [0.15, 0.2) is 18.2 Å². The van der Waals surface area contributed by atoms with Crippen LogP contribution in [-0.4, -0.2) is 42.6 Å². The van der Waals surface area contributed by atoms with Gasteiger partial charge in [0.15, 0.2) is 11.5 Å². The summed E-state index contributed by atoms with van der Waals surface area (Å²) in [4.78, 5) is 48.3. The summed E-state index contributed by atoms with van der Waals surface area (Å²) in [6, 6.07) is 3.63. The third-order valence-corrected chi connectivity index (χ3v) is 4.91. The van der Waals surface area contributed by atoms with Gasteiger partial charge in [-0.25, -0.2) is 0 Å². The Morgan fingerprint density at radius 3 is 2.03 bits per heavy atom. The first-order chi connectivity index (χ1) is 16.4. The maximum absolute atomic E-state index is 12.4. The summed E-state index contributed by atoms with van der Waals surface area (Å²) in [7, 11) is 0. The van der Waals surface area contributed by atoms with Crippen LogP contribution in [0.5, 0.6) is 11.5 Å². The lowest BCUT2D eigenvalue weighted by Gasteiger charge is -2.18. The molecule has 0 amide bonds. The second-order valence-electron chi connectivity index (χ2n) is 9.13. The molecule has 0 fully saturated rings. The molecule has 0 unspecified atom stereocenters. The van der Waals surface area contributed by atoms with Crippen LogP contribution in [0, 0.1) is 11.8 Å². The number of rotatable bonds is 14. The van der Waals surface area contributed by atoms with E-state index in [1.54, 1.807) is 40.7 Å². The second kappa shape index (κ2) is 15.1. The Balaban J connectivity index is 2.77. The largest absolute Gasteiger partial charge is 0.462 e. The molecule has 0 heterocycles. The first kappa shape index (κ1) is 30.1. The van der Waals surface area contributed by atoms with Crippen LogP contribution in [0.3, 0.4) is 0 Å². The normalized spacial score (nSPS) is 12.7. The number of hydrogen-bond donors (Lipinski definition) is 1. The molecule has 0 aliphatic heterocycles. The predicted octanol–water partition coefficient (Wildman–Crippen LogP) is 3.73. The van der Waals surface area contributed by atoms with Crippen molar-refractivity contribution in [3.8, 4) is 11.5 Å². The van der Waals surface area contributed by atoms with Crippen molar-refractivity contribution in [2.75, 3.05) is 6.61 Å². The van der Waals surface area contributed by atoms with E-state index in [0.29, 0.717) is 12.0 Å². The molecular formula is C26H39NO8.